The Kier molecular flexibility index (Phi) is 755. The van der Waals surface area contributed by atoms with Crippen LogP contribution < -0.4 is 4.72 Å². The van der Waals surface area contributed by atoms with Gasteiger partial charge in [-0.2, -0.15) is 0 Å². The first-order valence-corrected chi connectivity index (χ1v) is 1.96. The average molecular weight is 289 g/mol. The van der Waals surface area contributed by atoms with Crippen LogP contribution in [0.2, 0.25) is 0 Å². The fraction of sp³-hybridized carbons (Fsp3) is 0. The van der Waals surface area contributed by atoms with Gasteiger partial charge in [0.2, 0.25) is 0 Å². The molecule has 0 unspecified atom stereocenters. The summed E-state index contributed by atoms with van der Waals surface area (Å²) in [5.41, 5.74) is 0. The molecule has 7 heteroatoms. The van der Waals surface area contributed by atoms with Gasteiger partial charge in [-0.25, -0.2) is 0 Å². The fourth-order valence-corrected chi connectivity index (χ4v) is 0. The molecule has 0 aromatic heterocycles. The summed E-state index contributed by atoms with van der Waals surface area (Å²) < 4.78 is 12.6. The van der Waals surface area contributed by atoms with Gasteiger partial charge in [-0.05, 0) is 0 Å². The summed E-state index contributed by atoms with van der Waals surface area (Å²) in [6.45, 7) is 0. The Labute approximate surface area is 74.7 Å². The van der Waals surface area contributed by atoms with E-state index in [1.54, 1.807) is 0 Å². The van der Waals surface area contributed by atoms with Gasteiger partial charge < -0.3 is 11.0 Å². The summed E-state index contributed by atoms with van der Waals surface area (Å²) in [5.74, 6) is 0. The van der Waals surface area contributed by atoms with Crippen LogP contribution in [0.15, 0.2) is 0 Å². The Morgan fingerprint density at radius 1 is 1.14 bits per heavy atom. The van der Waals surface area contributed by atoms with Gasteiger partial charge in [0, 0.05) is 0 Å². The van der Waals surface area contributed by atoms with E-state index in [9.17, 15) is 0 Å². The van der Waals surface area contributed by atoms with Crippen molar-refractivity contribution in [1.29, 1.82) is 0 Å². The zero-order valence-corrected chi connectivity index (χ0v) is 6.08. The van der Waals surface area contributed by atoms with E-state index in [1.165, 1.54) is 0 Å². The Morgan fingerprint density at radius 3 is 1.14 bits per heavy atom. The zero-order chi connectivity index (χ0) is 4.00. The predicted molar refractivity (Wildman–Crippen MR) is 22.0 cm³/mol. The molecule has 0 rings (SSSR count). The molecule has 0 radical (unpaired) electrons. The Bertz CT molecular complexity index is 14.9. The van der Waals surface area contributed by atoms with E-state index in [-0.39, 0.29) is 30.7 Å². The molecule has 0 spiro atoms. The SMILES string of the molecule is O.O.[GaH3].[NH2][Cr].[O]=[Mo]. The van der Waals surface area contributed by atoms with Crippen molar-refractivity contribution in [2.75, 3.05) is 0 Å². The summed E-state index contributed by atoms with van der Waals surface area (Å²) in [7, 11) is 0. The van der Waals surface area contributed by atoms with E-state index >= 15 is 0 Å². The molecule has 0 amide bonds. The third-order valence-electron chi connectivity index (χ3n) is 0. The maximum atomic E-state index is 8.26. The Hall–Kier alpha value is 1.54. The van der Waals surface area contributed by atoms with Gasteiger partial charge in [0.15, 0.2) is 0 Å². The molecular weight excluding hydrogens is 280 g/mol. The molecule has 0 atom stereocenters. The van der Waals surface area contributed by atoms with Crippen LogP contribution in [0.1, 0.15) is 0 Å². The molecule has 47 valence electrons. The molecule has 6 N–H and O–H groups in total. The van der Waals surface area contributed by atoms with Gasteiger partial charge in [0.25, 0.3) is 0 Å². The van der Waals surface area contributed by atoms with E-state index in [1.807, 2.05) is 0 Å². The zero-order valence-electron chi connectivity index (χ0n) is 2.80. The standard InChI is InChI=1S/Cr.Ga.Mo.H2N.2H2O.O.3H/h;;;3*1H2;;;;/q+1;;;-1;;;;;;. The van der Waals surface area contributed by atoms with E-state index in [4.69, 9.17) is 3.40 Å². The van der Waals surface area contributed by atoms with E-state index in [0.717, 1.165) is 0 Å². The third-order valence-corrected chi connectivity index (χ3v) is 0. The predicted octanol–water partition coefficient (Wildman–Crippen LogP) is -3.55. The van der Waals surface area contributed by atoms with Crippen LogP contribution in [0.5, 0.6) is 0 Å². The molecule has 7 heavy (non-hydrogen) atoms. The van der Waals surface area contributed by atoms with E-state index in [2.05, 4.69) is 21.2 Å². The normalized spacial score (nSPS) is 1.29. The molecule has 0 aliphatic carbocycles. The third kappa shape index (κ3) is 97.8. The summed E-state index contributed by atoms with van der Waals surface area (Å²) in [4.78, 5) is 0. The van der Waals surface area contributed by atoms with Gasteiger partial charge in [0.1, 0.15) is 0 Å². The Balaban J connectivity index is -0.00000000267. The molecule has 0 saturated heterocycles. The minimum atomic E-state index is 0. The van der Waals surface area contributed by atoms with Crippen LogP contribution in [0.25, 0.3) is 0 Å². The molecule has 4 nitrogen and oxygen atoms in total. The van der Waals surface area contributed by atoms with Gasteiger partial charge in [0.05, 0.1) is 0 Å². The van der Waals surface area contributed by atoms with Crippen molar-refractivity contribution in [1.82, 2.24) is 0 Å². The summed E-state index contributed by atoms with van der Waals surface area (Å²) >= 11 is 2.82. The van der Waals surface area contributed by atoms with Crippen LogP contribution in [0.4, 0.5) is 0 Å². The number of nitrogens with two attached hydrogens (primary N) is 1. The first-order valence-electron chi connectivity index (χ1n) is 0.402. The topological polar surface area (TPSA) is 106 Å². The Morgan fingerprint density at radius 2 is 1.14 bits per heavy atom. The van der Waals surface area contributed by atoms with Crippen molar-refractivity contribution in [3.63, 3.8) is 0 Å². The molecule has 0 saturated carbocycles. The van der Waals surface area contributed by atoms with Crippen molar-refractivity contribution in [2.24, 2.45) is 4.72 Å². The fourth-order valence-electron chi connectivity index (χ4n) is 0. The van der Waals surface area contributed by atoms with Gasteiger partial charge in [-0.15, -0.1) is 0 Å². The van der Waals surface area contributed by atoms with Crippen molar-refractivity contribution < 1.29 is 50.6 Å². The maximum absolute atomic E-state index is 8.26. The first-order chi connectivity index (χ1) is 2.00. The van der Waals surface area contributed by atoms with Crippen molar-refractivity contribution in [2.45, 2.75) is 0 Å². The average Bonchev–Trinajstić information content (AvgIpc) is 1.50. The molecule has 0 bridgehead atoms. The number of hydrogen-bond acceptors (Lipinski definition) is 2. The van der Waals surface area contributed by atoms with Crippen LogP contribution in [-0.2, 0) is 39.7 Å². The van der Waals surface area contributed by atoms with Crippen LogP contribution >= 0.6 is 0 Å². The second kappa shape index (κ2) is 136. The molecule has 0 aliphatic rings. The van der Waals surface area contributed by atoms with Gasteiger partial charge in [-0.1, -0.05) is 0 Å². The molecule has 0 aliphatic heterocycles. The molecule has 0 aromatic rings. The first kappa shape index (κ1) is 38.8. The minimum absolute atomic E-state index is 0. The summed E-state index contributed by atoms with van der Waals surface area (Å²) in [6.07, 6.45) is 0. The molecular formula is H9CrGaMoNO3. The number of rotatable bonds is 0. The number of hydrogen-bond donors (Lipinski definition) is 1. The second-order valence-electron chi connectivity index (χ2n) is 0. The molecule has 0 aromatic carbocycles. The van der Waals surface area contributed by atoms with Gasteiger partial charge in [-0.3, -0.25) is 0 Å². The quantitative estimate of drug-likeness (QED) is 0.466. The van der Waals surface area contributed by atoms with Crippen molar-refractivity contribution in [3.05, 3.63) is 0 Å². The second-order valence-corrected chi connectivity index (χ2v) is 0. The summed E-state index contributed by atoms with van der Waals surface area (Å²) in [5, 5.41) is 0. The molecule has 0 heterocycles. The summed E-state index contributed by atoms with van der Waals surface area (Å²) in [6, 6.07) is 0. The monoisotopic (exact) mass is 290 g/mol. The van der Waals surface area contributed by atoms with E-state index < -0.39 is 0 Å². The van der Waals surface area contributed by atoms with Crippen LogP contribution in [0.3, 0.4) is 0 Å². The van der Waals surface area contributed by atoms with E-state index in [0.29, 0.717) is 19.8 Å². The van der Waals surface area contributed by atoms with Crippen LogP contribution in [-0.4, -0.2) is 30.7 Å². The van der Waals surface area contributed by atoms with Crippen molar-refractivity contribution in [3.8, 4) is 0 Å². The molecule has 0 fully saturated rings. The van der Waals surface area contributed by atoms with Crippen LogP contribution in [0, 0.1) is 0 Å². The van der Waals surface area contributed by atoms with Crippen molar-refractivity contribution >= 4 is 19.8 Å². The van der Waals surface area contributed by atoms with Gasteiger partial charge >= 0.3 is 64.2 Å².